The molecule has 2 aliphatic heterocycles. The molecule has 8 nitrogen and oxygen atoms in total. The van der Waals surface area contributed by atoms with Gasteiger partial charge in [0.05, 0.1) is 10.5 Å². The SMILES string of the molecule is CCCCCCN1C(=O)C(c2ccc([N+](=O)[O-])cc2)=C(N2CCCC(CO)C2)C1=O. The number of rotatable bonds is 9. The average molecular weight is 415 g/mol. The summed E-state index contributed by atoms with van der Waals surface area (Å²) < 4.78 is 0. The number of nitro benzene ring substituents is 1. The van der Waals surface area contributed by atoms with Gasteiger partial charge in [-0.15, -0.1) is 0 Å². The molecule has 0 spiro atoms. The lowest BCUT2D eigenvalue weighted by Crippen LogP contribution is -2.40. The molecule has 0 radical (unpaired) electrons. The van der Waals surface area contributed by atoms with E-state index in [9.17, 15) is 24.8 Å². The van der Waals surface area contributed by atoms with Crippen molar-refractivity contribution in [1.82, 2.24) is 9.80 Å². The molecule has 8 heteroatoms. The van der Waals surface area contributed by atoms with Crippen LogP contribution >= 0.6 is 0 Å². The normalized spacial score (nSPS) is 19.7. The first-order valence-electron chi connectivity index (χ1n) is 10.7. The number of aliphatic hydroxyl groups excluding tert-OH is 1. The number of hydrogen-bond donors (Lipinski definition) is 1. The number of piperidine rings is 1. The molecule has 1 N–H and O–H groups in total. The molecule has 1 fully saturated rings. The van der Waals surface area contributed by atoms with Gasteiger partial charge in [-0.1, -0.05) is 26.2 Å². The van der Waals surface area contributed by atoms with Crippen molar-refractivity contribution in [1.29, 1.82) is 0 Å². The number of aliphatic hydroxyl groups is 1. The predicted molar refractivity (Wildman–Crippen MR) is 112 cm³/mol. The molecule has 1 aromatic carbocycles. The van der Waals surface area contributed by atoms with Crippen LogP contribution in [0.2, 0.25) is 0 Å². The summed E-state index contributed by atoms with van der Waals surface area (Å²) in [6, 6.07) is 5.78. The summed E-state index contributed by atoms with van der Waals surface area (Å²) in [6.07, 6.45) is 5.54. The van der Waals surface area contributed by atoms with Gasteiger partial charge in [-0.25, -0.2) is 0 Å². The largest absolute Gasteiger partial charge is 0.396 e. The second-order valence-corrected chi connectivity index (χ2v) is 7.99. The summed E-state index contributed by atoms with van der Waals surface area (Å²) in [5.74, 6) is -0.583. The van der Waals surface area contributed by atoms with E-state index >= 15 is 0 Å². The minimum atomic E-state index is -0.489. The zero-order chi connectivity index (χ0) is 21.7. The van der Waals surface area contributed by atoms with Crippen LogP contribution in [0, 0.1) is 16.0 Å². The Bertz CT molecular complexity index is 834. The highest BCUT2D eigenvalue weighted by atomic mass is 16.6. The third kappa shape index (κ3) is 4.53. The van der Waals surface area contributed by atoms with Crippen LogP contribution in [0.25, 0.3) is 5.57 Å². The van der Waals surface area contributed by atoms with Crippen molar-refractivity contribution in [2.75, 3.05) is 26.2 Å². The molecule has 2 amide bonds. The third-order valence-corrected chi connectivity index (χ3v) is 5.84. The highest BCUT2D eigenvalue weighted by Crippen LogP contribution is 2.34. The fraction of sp³-hybridized carbons (Fsp3) is 0.545. The molecule has 2 heterocycles. The molecule has 0 aromatic heterocycles. The molecule has 1 aromatic rings. The minimum absolute atomic E-state index is 0.0412. The first-order valence-corrected chi connectivity index (χ1v) is 10.7. The molecule has 0 saturated carbocycles. The lowest BCUT2D eigenvalue weighted by molar-refractivity contribution is -0.384. The van der Waals surface area contributed by atoms with Crippen LogP contribution in [0.3, 0.4) is 0 Å². The quantitative estimate of drug-likeness (QED) is 0.288. The Labute approximate surface area is 176 Å². The van der Waals surface area contributed by atoms with Gasteiger partial charge in [0.15, 0.2) is 0 Å². The molecule has 1 atom stereocenters. The summed E-state index contributed by atoms with van der Waals surface area (Å²) in [7, 11) is 0. The van der Waals surface area contributed by atoms with E-state index in [4.69, 9.17) is 0 Å². The number of non-ortho nitro benzene ring substituents is 1. The molecule has 0 aliphatic carbocycles. The van der Waals surface area contributed by atoms with Crippen molar-refractivity contribution in [3.05, 3.63) is 45.6 Å². The van der Waals surface area contributed by atoms with Gasteiger partial charge >= 0.3 is 0 Å². The number of imide groups is 1. The summed E-state index contributed by atoms with van der Waals surface area (Å²) in [4.78, 5) is 40.2. The Hall–Kier alpha value is -2.74. The van der Waals surface area contributed by atoms with Crippen LogP contribution in [-0.4, -0.2) is 57.9 Å². The predicted octanol–water partition coefficient (Wildman–Crippen LogP) is 2.96. The fourth-order valence-corrected chi connectivity index (χ4v) is 4.18. The van der Waals surface area contributed by atoms with Gasteiger partial charge in [0.1, 0.15) is 5.70 Å². The van der Waals surface area contributed by atoms with Gasteiger partial charge in [-0.05, 0) is 42.9 Å². The highest BCUT2D eigenvalue weighted by molar-refractivity contribution is 6.35. The molecule has 0 bridgehead atoms. The van der Waals surface area contributed by atoms with Crippen LogP contribution in [0.15, 0.2) is 30.0 Å². The van der Waals surface area contributed by atoms with Gasteiger partial charge in [0.25, 0.3) is 17.5 Å². The first kappa shape index (κ1) is 22.0. The van der Waals surface area contributed by atoms with E-state index in [0.717, 1.165) is 38.5 Å². The monoisotopic (exact) mass is 415 g/mol. The number of nitro groups is 1. The Morgan fingerprint density at radius 1 is 1.13 bits per heavy atom. The Balaban J connectivity index is 1.94. The number of hydrogen-bond acceptors (Lipinski definition) is 6. The van der Waals surface area contributed by atoms with Gasteiger partial charge < -0.3 is 10.0 Å². The Morgan fingerprint density at radius 3 is 2.50 bits per heavy atom. The van der Waals surface area contributed by atoms with Crippen LogP contribution < -0.4 is 0 Å². The maximum atomic E-state index is 13.3. The average Bonchev–Trinajstić information content (AvgIpc) is 3.01. The van der Waals surface area contributed by atoms with Crippen LogP contribution in [0.5, 0.6) is 0 Å². The van der Waals surface area contributed by atoms with Crippen molar-refractivity contribution in [2.45, 2.75) is 45.4 Å². The molecule has 3 rings (SSSR count). The number of likely N-dealkylation sites (tertiary alicyclic amines) is 1. The van der Waals surface area contributed by atoms with Gasteiger partial charge in [0, 0.05) is 38.4 Å². The van der Waals surface area contributed by atoms with E-state index in [1.807, 2.05) is 4.90 Å². The lowest BCUT2D eigenvalue weighted by Gasteiger charge is -2.34. The van der Waals surface area contributed by atoms with E-state index in [1.165, 1.54) is 29.2 Å². The number of amides is 2. The Morgan fingerprint density at radius 2 is 1.87 bits per heavy atom. The van der Waals surface area contributed by atoms with Crippen molar-refractivity contribution in [3.8, 4) is 0 Å². The van der Waals surface area contributed by atoms with Crippen molar-refractivity contribution >= 4 is 23.1 Å². The zero-order valence-electron chi connectivity index (χ0n) is 17.4. The maximum absolute atomic E-state index is 13.3. The van der Waals surface area contributed by atoms with Crippen LogP contribution in [0.1, 0.15) is 51.0 Å². The zero-order valence-corrected chi connectivity index (χ0v) is 17.4. The van der Waals surface area contributed by atoms with E-state index in [0.29, 0.717) is 36.5 Å². The maximum Gasteiger partial charge on any atom is 0.277 e. The molecule has 1 saturated heterocycles. The topological polar surface area (TPSA) is 104 Å². The standard InChI is InChI=1S/C22H29N3O5/c1-2-3-4-5-13-24-21(27)19(17-8-10-18(11-9-17)25(29)30)20(22(24)28)23-12-6-7-16(14-23)15-26/h8-11,16,26H,2-7,12-15H2,1H3. The first-order chi connectivity index (χ1) is 14.5. The number of unbranched alkanes of at least 4 members (excludes halogenated alkanes) is 3. The third-order valence-electron chi connectivity index (χ3n) is 5.84. The Kier molecular flexibility index (Phi) is 7.20. The summed E-state index contributed by atoms with van der Waals surface area (Å²) in [5.41, 5.74) is 1.12. The minimum Gasteiger partial charge on any atom is -0.396 e. The van der Waals surface area contributed by atoms with Crippen LogP contribution in [-0.2, 0) is 9.59 Å². The van der Waals surface area contributed by atoms with Crippen molar-refractivity contribution in [2.24, 2.45) is 5.92 Å². The highest BCUT2D eigenvalue weighted by Gasteiger charge is 2.42. The molecular weight excluding hydrogens is 386 g/mol. The number of nitrogens with zero attached hydrogens (tertiary/aromatic N) is 3. The van der Waals surface area contributed by atoms with Gasteiger partial charge in [-0.2, -0.15) is 0 Å². The number of carbonyl (C=O) groups excluding carboxylic acids is 2. The van der Waals surface area contributed by atoms with E-state index in [-0.39, 0.29) is 30.0 Å². The number of carbonyl (C=O) groups is 2. The summed E-state index contributed by atoms with van der Waals surface area (Å²) >= 11 is 0. The molecule has 30 heavy (non-hydrogen) atoms. The van der Waals surface area contributed by atoms with E-state index < -0.39 is 4.92 Å². The van der Waals surface area contributed by atoms with Gasteiger partial charge in [-0.3, -0.25) is 24.6 Å². The fourth-order valence-electron chi connectivity index (χ4n) is 4.18. The molecule has 1 unspecified atom stereocenters. The summed E-state index contributed by atoms with van der Waals surface area (Å²) in [5, 5.41) is 20.6. The van der Waals surface area contributed by atoms with Gasteiger partial charge in [0.2, 0.25) is 0 Å². The van der Waals surface area contributed by atoms with E-state index in [1.54, 1.807) is 0 Å². The van der Waals surface area contributed by atoms with Crippen LogP contribution in [0.4, 0.5) is 5.69 Å². The summed E-state index contributed by atoms with van der Waals surface area (Å²) in [6.45, 7) is 3.68. The molecule has 162 valence electrons. The van der Waals surface area contributed by atoms with Crippen molar-refractivity contribution in [3.63, 3.8) is 0 Å². The number of benzene rings is 1. The second-order valence-electron chi connectivity index (χ2n) is 7.99. The lowest BCUT2D eigenvalue weighted by atomic mass is 9.97. The molecular formula is C22H29N3O5. The second kappa shape index (κ2) is 9.84. The molecule has 2 aliphatic rings. The smallest absolute Gasteiger partial charge is 0.277 e. The van der Waals surface area contributed by atoms with E-state index in [2.05, 4.69) is 6.92 Å². The van der Waals surface area contributed by atoms with Crippen molar-refractivity contribution < 1.29 is 19.6 Å².